The normalized spacial score (nSPS) is 35.7. The molecule has 3 aliphatic rings. The number of carbonyl (C=O) groups excluding carboxylic acids is 1. The average molecular weight is 320 g/mol. The standard InChI is InChI=1S/C15H14BrNO2/c16-13-7-12-6-11-9-17(14(18)15(11,13)19-12)8-10-4-2-1-3-5-10/h1-5,7,11-12H,6,8-9H2/t11-,12-,15+/m1/s1. The lowest BCUT2D eigenvalue weighted by atomic mass is 9.85. The smallest absolute Gasteiger partial charge is 0.260 e. The molecule has 0 radical (unpaired) electrons. The summed E-state index contributed by atoms with van der Waals surface area (Å²) < 4.78 is 6.88. The number of halogens is 1. The van der Waals surface area contributed by atoms with E-state index in [2.05, 4.69) is 28.1 Å². The summed E-state index contributed by atoms with van der Waals surface area (Å²) in [6, 6.07) is 10.1. The van der Waals surface area contributed by atoms with E-state index >= 15 is 0 Å². The number of hydrogen-bond donors (Lipinski definition) is 0. The van der Waals surface area contributed by atoms with Crippen LogP contribution in [0.4, 0.5) is 0 Å². The third-order valence-corrected chi connectivity index (χ3v) is 5.23. The topological polar surface area (TPSA) is 29.5 Å². The van der Waals surface area contributed by atoms with Crippen LogP contribution in [0.3, 0.4) is 0 Å². The quantitative estimate of drug-likeness (QED) is 0.838. The Balaban J connectivity index is 1.62. The van der Waals surface area contributed by atoms with E-state index in [1.165, 1.54) is 5.56 Å². The molecule has 0 saturated carbocycles. The molecule has 98 valence electrons. The number of rotatable bonds is 2. The van der Waals surface area contributed by atoms with Crippen molar-refractivity contribution in [2.45, 2.75) is 24.7 Å². The van der Waals surface area contributed by atoms with E-state index < -0.39 is 5.60 Å². The number of ether oxygens (including phenoxy) is 1. The van der Waals surface area contributed by atoms with Crippen LogP contribution in [-0.2, 0) is 16.1 Å². The molecule has 0 aliphatic carbocycles. The van der Waals surface area contributed by atoms with Crippen LogP contribution in [0, 0.1) is 5.92 Å². The van der Waals surface area contributed by atoms with Crippen LogP contribution in [0.5, 0.6) is 0 Å². The number of benzene rings is 1. The molecule has 2 bridgehead atoms. The van der Waals surface area contributed by atoms with Crippen molar-refractivity contribution in [3.05, 3.63) is 46.5 Å². The molecule has 1 spiro atoms. The molecule has 1 aromatic rings. The zero-order valence-electron chi connectivity index (χ0n) is 10.4. The second-order valence-electron chi connectivity index (χ2n) is 5.51. The zero-order chi connectivity index (χ0) is 13.0. The third-order valence-electron chi connectivity index (χ3n) is 4.38. The fourth-order valence-electron chi connectivity index (χ4n) is 3.52. The van der Waals surface area contributed by atoms with Crippen LogP contribution in [0.1, 0.15) is 12.0 Å². The second-order valence-corrected chi connectivity index (χ2v) is 6.36. The first-order valence-corrected chi connectivity index (χ1v) is 7.38. The molecule has 3 atom stereocenters. The van der Waals surface area contributed by atoms with Crippen LogP contribution < -0.4 is 0 Å². The molecule has 4 rings (SSSR count). The molecular weight excluding hydrogens is 306 g/mol. The van der Waals surface area contributed by atoms with Crippen LogP contribution in [0.15, 0.2) is 40.9 Å². The lowest BCUT2D eigenvalue weighted by Crippen LogP contribution is -2.41. The van der Waals surface area contributed by atoms with Gasteiger partial charge in [-0.25, -0.2) is 0 Å². The number of amides is 1. The Bertz CT molecular complexity index is 571. The van der Waals surface area contributed by atoms with Crippen molar-refractivity contribution in [1.29, 1.82) is 0 Å². The molecule has 0 aromatic heterocycles. The first kappa shape index (κ1) is 11.7. The van der Waals surface area contributed by atoms with E-state index in [9.17, 15) is 4.79 Å². The molecule has 19 heavy (non-hydrogen) atoms. The van der Waals surface area contributed by atoms with Gasteiger partial charge in [0, 0.05) is 23.5 Å². The van der Waals surface area contributed by atoms with E-state index in [1.54, 1.807) is 0 Å². The fourth-order valence-corrected chi connectivity index (χ4v) is 4.41. The summed E-state index contributed by atoms with van der Waals surface area (Å²) in [4.78, 5) is 14.6. The number of likely N-dealkylation sites (tertiary alicyclic amines) is 1. The monoisotopic (exact) mass is 319 g/mol. The first-order valence-electron chi connectivity index (χ1n) is 6.59. The lowest BCUT2D eigenvalue weighted by molar-refractivity contribution is -0.142. The minimum atomic E-state index is -0.695. The Kier molecular flexibility index (Phi) is 2.42. The van der Waals surface area contributed by atoms with Gasteiger partial charge in [-0.05, 0) is 18.1 Å². The molecule has 2 saturated heterocycles. The van der Waals surface area contributed by atoms with E-state index in [1.807, 2.05) is 29.2 Å². The predicted molar refractivity (Wildman–Crippen MR) is 74.6 cm³/mol. The summed E-state index contributed by atoms with van der Waals surface area (Å²) in [6.07, 6.45) is 3.13. The second kappa shape index (κ2) is 3.93. The van der Waals surface area contributed by atoms with Crippen molar-refractivity contribution in [3.63, 3.8) is 0 Å². The summed E-state index contributed by atoms with van der Waals surface area (Å²) >= 11 is 3.54. The number of hydrogen-bond acceptors (Lipinski definition) is 2. The Hall–Kier alpha value is -1.13. The molecule has 0 N–H and O–H groups in total. The third kappa shape index (κ3) is 1.50. The zero-order valence-corrected chi connectivity index (χ0v) is 12.0. The highest BCUT2D eigenvalue weighted by atomic mass is 79.9. The van der Waals surface area contributed by atoms with Gasteiger partial charge >= 0.3 is 0 Å². The molecule has 1 amide bonds. The van der Waals surface area contributed by atoms with Crippen molar-refractivity contribution in [2.75, 3.05) is 6.54 Å². The number of carbonyl (C=O) groups is 1. The van der Waals surface area contributed by atoms with E-state index in [0.29, 0.717) is 12.5 Å². The van der Waals surface area contributed by atoms with Crippen molar-refractivity contribution >= 4 is 21.8 Å². The van der Waals surface area contributed by atoms with Gasteiger partial charge < -0.3 is 9.64 Å². The molecule has 2 fully saturated rings. The Morgan fingerprint density at radius 2 is 2.16 bits per heavy atom. The van der Waals surface area contributed by atoms with Crippen molar-refractivity contribution in [2.24, 2.45) is 5.92 Å². The molecule has 3 heterocycles. The van der Waals surface area contributed by atoms with Gasteiger partial charge in [-0.3, -0.25) is 4.79 Å². The predicted octanol–water partition coefficient (Wildman–Crippen LogP) is 2.47. The summed E-state index contributed by atoms with van der Waals surface area (Å²) in [5.74, 6) is 0.414. The Labute approximate surface area is 120 Å². The van der Waals surface area contributed by atoms with Crippen LogP contribution in [0.2, 0.25) is 0 Å². The van der Waals surface area contributed by atoms with Gasteiger partial charge in [-0.15, -0.1) is 0 Å². The minimum Gasteiger partial charge on any atom is -0.352 e. The summed E-state index contributed by atoms with van der Waals surface area (Å²) in [5.41, 5.74) is 0.473. The summed E-state index contributed by atoms with van der Waals surface area (Å²) in [6.45, 7) is 1.47. The van der Waals surface area contributed by atoms with Gasteiger partial charge in [-0.1, -0.05) is 46.3 Å². The average Bonchev–Trinajstić information content (AvgIpc) is 3.00. The van der Waals surface area contributed by atoms with Crippen LogP contribution in [-0.4, -0.2) is 29.1 Å². The van der Waals surface area contributed by atoms with Gasteiger partial charge in [0.1, 0.15) is 0 Å². The highest BCUT2D eigenvalue weighted by Gasteiger charge is 2.64. The van der Waals surface area contributed by atoms with E-state index in [-0.39, 0.29) is 12.0 Å². The van der Waals surface area contributed by atoms with Crippen molar-refractivity contribution < 1.29 is 9.53 Å². The van der Waals surface area contributed by atoms with Crippen molar-refractivity contribution in [1.82, 2.24) is 4.90 Å². The molecule has 0 unspecified atom stereocenters. The van der Waals surface area contributed by atoms with Crippen LogP contribution >= 0.6 is 15.9 Å². The summed E-state index contributed by atoms with van der Waals surface area (Å²) in [5, 5.41) is 0. The fraction of sp³-hybridized carbons (Fsp3) is 0.400. The van der Waals surface area contributed by atoms with Gasteiger partial charge in [0.15, 0.2) is 5.60 Å². The summed E-state index contributed by atoms with van der Waals surface area (Å²) in [7, 11) is 0. The molecule has 1 aromatic carbocycles. The Morgan fingerprint density at radius 3 is 2.84 bits per heavy atom. The van der Waals surface area contributed by atoms with Gasteiger partial charge in [-0.2, -0.15) is 0 Å². The molecule has 3 aliphatic heterocycles. The SMILES string of the molecule is O=C1N(Cc2ccccc2)C[C@H]2C[C@@H]3C=C(Br)[C@]12O3. The van der Waals surface area contributed by atoms with Crippen LogP contribution in [0.25, 0.3) is 0 Å². The maximum atomic E-state index is 12.7. The number of fused-ring (bicyclic) bond motifs is 1. The lowest BCUT2D eigenvalue weighted by Gasteiger charge is -2.23. The molecule has 4 heteroatoms. The first-order chi connectivity index (χ1) is 9.20. The van der Waals surface area contributed by atoms with Crippen molar-refractivity contribution in [3.8, 4) is 0 Å². The van der Waals surface area contributed by atoms with Gasteiger partial charge in [0.05, 0.1) is 6.10 Å². The Morgan fingerprint density at radius 1 is 1.37 bits per heavy atom. The van der Waals surface area contributed by atoms with E-state index in [4.69, 9.17) is 4.74 Å². The molecular formula is C15H14BrNO2. The maximum Gasteiger partial charge on any atom is 0.260 e. The van der Waals surface area contributed by atoms with Gasteiger partial charge in [0.25, 0.3) is 5.91 Å². The number of nitrogens with zero attached hydrogens (tertiary/aromatic N) is 1. The largest absolute Gasteiger partial charge is 0.352 e. The van der Waals surface area contributed by atoms with E-state index in [0.717, 1.165) is 17.4 Å². The molecule has 3 nitrogen and oxygen atoms in total. The highest BCUT2D eigenvalue weighted by Crippen LogP contribution is 2.54. The van der Waals surface area contributed by atoms with Gasteiger partial charge in [0.2, 0.25) is 0 Å². The maximum absolute atomic E-state index is 12.7. The minimum absolute atomic E-state index is 0.115. The highest BCUT2D eigenvalue weighted by molar-refractivity contribution is 9.11.